The average molecular weight is 274 g/mol. The number of hydrogen-bond donors (Lipinski definition) is 1. The van der Waals surface area contributed by atoms with Gasteiger partial charge in [-0.1, -0.05) is 6.92 Å². The highest BCUT2D eigenvalue weighted by Gasteiger charge is 2.07. The maximum absolute atomic E-state index is 5.31. The monoisotopic (exact) mass is 274 g/mol. The number of rotatable bonds is 7. The molecular weight excluding hydrogens is 252 g/mol. The Morgan fingerprint density at radius 2 is 2.10 bits per heavy atom. The van der Waals surface area contributed by atoms with Gasteiger partial charge in [-0.2, -0.15) is 0 Å². The van der Waals surface area contributed by atoms with Crippen LogP contribution < -0.4 is 5.32 Å². The highest BCUT2D eigenvalue weighted by molar-refractivity contribution is 5.30. The van der Waals surface area contributed by atoms with Crippen LogP contribution in [0.25, 0.3) is 0 Å². The smallest absolute Gasteiger partial charge is 0.144 e. The fraction of sp³-hybridized carbons (Fsp3) is 0.467. The minimum Gasteiger partial charge on any atom is -0.469 e. The van der Waals surface area contributed by atoms with E-state index in [0.717, 1.165) is 43.3 Å². The minimum absolute atomic E-state index is 0.770. The Bertz CT molecular complexity index is 521. The van der Waals surface area contributed by atoms with Crippen molar-refractivity contribution in [3.63, 3.8) is 0 Å². The molecule has 1 N–H and O–H groups in total. The molecule has 0 aliphatic rings. The molecule has 2 heterocycles. The van der Waals surface area contributed by atoms with Crippen molar-refractivity contribution in [2.45, 2.75) is 33.4 Å². The zero-order valence-corrected chi connectivity index (χ0v) is 12.4. The van der Waals surface area contributed by atoms with Crippen LogP contribution in [0.4, 0.5) is 5.82 Å². The van der Waals surface area contributed by atoms with Crippen LogP contribution in [0.1, 0.15) is 30.4 Å². The summed E-state index contributed by atoms with van der Waals surface area (Å²) in [4.78, 5) is 11.0. The maximum atomic E-state index is 5.31. The van der Waals surface area contributed by atoms with Gasteiger partial charge in [0.05, 0.1) is 24.4 Å². The summed E-state index contributed by atoms with van der Waals surface area (Å²) < 4.78 is 5.31. The molecule has 0 saturated carbocycles. The van der Waals surface area contributed by atoms with Gasteiger partial charge in [-0.05, 0) is 26.5 Å². The molecule has 0 saturated heterocycles. The van der Waals surface area contributed by atoms with E-state index in [1.54, 1.807) is 12.5 Å². The van der Waals surface area contributed by atoms with Gasteiger partial charge in [0.15, 0.2) is 0 Å². The third-order valence-electron chi connectivity index (χ3n) is 3.10. The lowest BCUT2D eigenvalue weighted by Crippen LogP contribution is -2.18. The molecule has 0 amide bonds. The van der Waals surface area contributed by atoms with Gasteiger partial charge in [0, 0.05) is 25.2 Å². The Morgan fingerprint density at radius 1 is 1.25 bits per heavy atom. The lowest BCUT2D eigenvalue weighted by molar-refractivity contribution is 0.312. The van der Waals surface area contributed by atoms with Crippen molar-refractivity contribution >= 4 is 5.82 Å². The second-order valence-corrected chi connectivity index (χ2v) is 4.99. The molecule has 0 bridgehead atoms. The van der Waals surface area contributed by atoms with E-state index in [4.69, 9.17) is 4.42 Å². The number of furan rings is 1. The first kappa shape index (κ1) is 14.5. The lowest BCUT2D eigenvalue weighted by Gasteiger charge is -2.15. The van der Waals surface area contributed by atoms with Crippen molar-refractivity contribution in [2.24, 2.45) is 0 Å². The molecule has 5 nitrogen and oxygen atoms in total. The Hall–Kier alpha value is -1.88. The molecule has 0 atom stereocenters. The van der Waals surface area contributed by atoms with Crippen molar-refractivity contribution in [3.05, 3.63) is 41.7 Å². The quantitative estimate of drug-likeness (QED) is 0.841. The van der Waals surface area contributed by atoms with Crippen LogP contribution in [0.15, 0.2) is 29.1 Å². The van der Waals surface area contributed by atoms with Gasteiger partial charge < -0.3 is 9.73 Å². The van der Waals surface area contributed by atoms with Crippen LogP contribution in [0, 0.1) is 6.92 Å². The van der Waals surface area contributed by atoms with Gasteiger partial charge in [-0.25, -0.2) is 4.98 Å². The van der Waals surface area contributed by atoms with Crippen molar-refractivity contribution in [3.8, 4) is 0 Å². The van der Waals surface area contributed by atoms with E-state index in [1.807, 2.05) is 19.2 Å². The molecule has 108 valence electrons. The van der Waals surface area contributed by atoms with Crippen LogP contribution in [0.5, 0.6) is 0 Å². The predicted octanol–water partition coefficient (Wildman–Crippen LogP) is 2.83. The lowest BCUT2D eigenvalue weighted by atomic mass is 10.2. The van der Waals surface area contributed by atoms with Crippen molar-refractivity contribution in [1.82, 2.24) is 14.9 Å². The number of nitrogens with zero attached hydrogens (tertiary/aromatic N) is 3. The first-order valence-corrected chi connectivity index (χ1v) is 6.95. The van der Waals surface area contributed by atoms with Crippen LogP contribution in [0.3, 0.4) is 0 Å². The number of aromatic nitrogens is 2. The standard InChI is InChI=1S/C15H22N4O/c1-4-6-16-15-9-17-14(8-18-15)11-19(3)10-13-5-7-20-12(13)2/h5,7-9H,4,6,10-11H2,1-3H3,(H,16,18). The van der Waals surface area contributed by atoms with Gasteiger partial charge in [0.1, 0.15) is 11.6 Å². The molecule has 0 aromatic carbocycles. The van der Waals surface area contributed by atoms with Crippen LogP contribution in [-0.4, -0.2) is 28.5 Å². The molecular formula is C15H22N4O. The van der Waals surface area contributed by atoms with E-state index in [9.17, 15) is 0 Å². The molecule has 0 aliphatic heterocycles. The van der Waals surface area contributed by atoms with Crippen LogP contribution in [-0.2, 0) is 13.1 Å². The summed E-state index contributed by atoms with van der Waals surface area (Å²) in [5, 5.41) is 3.22. The molecule has 0 radical (unpaired) electrons. The summed E-state index contributed by atoms with van der Waals surface area (Å²) in [5.41, 5.74) is 2.18. The Kier molecular flexibility index (Phi) is 5.12. The number of anilines is 1. The molecule has 0 unspecified atom stereocenters. The molecule has 2 aromatic heterocycles. The molecule has 20 heavy (non-hydrogen) atoms. The highest BCUT2D eigenvalue weighted by Crippen LogP contribution is 2.12. The summed E-state index contributed by atoms with van der Waals surface area (Å²) in [6.07, 6.45) is 6.43. The summed E-state index contributed by atoms with van der Waals surface area (Å²) in [6, 6.07) is 2.01. The fourth-order valence-electron chi connectivity index (χ4n) is 1.98. The molecule has 0 spiro atoms. The van der Waals surface area contributed by atoms with E-state index in [0.29, 0.717) is 0 Å². The van der Waals surface area contributed by atoms with Gasteiger partial charge in [-0.3, -0.25) is 9.88 Å². The molecule has 0 aliphatic carbocycles. The first-order valence-electron chi connectivity index (χ1n) is 6.95. The van der Waals surface area contributed by atoms with E-state index < -0.39 is 0 Å². The molecule has 2 rings (SSSR count). The number of hydrogen-bond acceptors (Lipinski definition) is 5. The van der Waals surface area contributed by atoms with Crippen molar-refractivity contribution in [2.75, 3.05) is 18.9 Å². The number of nitrogens with one attached hydrogen (secondary N) is 1. The second kappa shape index (κ2) is 7.05. The Labute approximate surface area is 120 Å². The minimum atomic E-state index is 0.770. The predicted molar refractivity (Wildman–Crippen MR) is 79.4 cm³/mol. The Balaban J connectivity index is 1.87. The summed E-state index contributed by atoms with van der Waals surface area (Å²) >= 11 is 0. The normalized spacial score (nSPS) is 11.0. The van der Waals surface area contributed by atoms with E-state index in [2.05, 4.69) is 34.2 Å². The second-order valence-electron chi connectivity index (χ2n) is 4.99. The van der Waals surface area contributed by atoms with E-state index in [-0.39, 0.29) is 0 Å². The van der Waals surface area contributed by atoms with Gasteiger partial charge in [0.25, 0.3) is 0 Å². The molecule has 0 fully saturated rings. The average Bonchev–Trinajstić information content (AvgIpc) is 2.83. The van der Waals surface area contributed by atoms with E-state index >= 15 is 0 Å². The maximum Gasteiger partial charge on any atom is 0.144 e. The van der Waals surface area contributed by atoms with Gasteiger partial charge in [0.2, 0.25) is 0 Å². The van der Waals surface area contributed by atoms with Crippen LogP contribution in [0.2, 0.25) is 0 Å². The third-order valence-corrected chi connectivity index (χ3v) is 3.10. The fourth-order valence-corrected chi connectivity index (χ4v) is 1.98. The summed E-state index contributed by atoms with van der Waals surface area (Å²) in [5.74, 6) is 1.81. The first-order chi connectivity index (χ1) is 9.69. The zero-order chi connectivity index (χ0) is 14.4. The highest BCUT2D eigenvalue weighted by atomic mass is 16.3. The topological polar surface area (TPSA) is 54.2 Å². The van der Waals surface area contributed by atoms with E-state index in [1.165, 1.54) is 5.56 Å². The summed E-state index contributed by atoms with van der Waals surface area (Å²) in [6.45, 7) is 6.65. The third kappa shape index (κ3) is 4.06. The largest absolute Gasteiger partial charge is 0.469 e. The van der Waals surface area contributed by atoms with Gasteiger partial charge in [-0.15, -0.1) is 0 Å². The zero-order valence-electron chi connectivity index (χ0n) is 12.4. The summed E-state index contributed by atoms with van der Waals surface area (Å²) in [7, 11) is 2.07. The molecule has 2 aromatic rings. The SMILES string of the molecule is CCCNc1cnc(CN(C)Cc2ccoc2C)cn1. The molecule has 5 heteroatoms. The van der Waals surface area contributed by atoms with Crippen LogP contribution >= 0.6 is 0 Å². The number of aryl methyl sites for hydroxylation is 1. The van der Waals surface area contributed by atoms with Gasteiger partial charge >= 0.3 is 0 Å². The van der Waals surface area contributed by atoms with Crippen molar-refractivity contribution < 1.29 is 4.42 Å². The Morgan fingerprint density at radius 3 is 2.70 bits per heavy atom. The van der Waals surface area contributed by atoms with Crippen molar-refractivity contribution in [1.29, 1.82) is 0 Å².